The first-order valence-corrected chi connectivity index (χ1v) is 42.6. The molecule has 0 bridgehead atoms. The fourth-order valence-electron chi connectivity index (χ4n) is 6.50. The maximum Gasteiger partial charge on any atom is 1.00 e. The van der Waals surface area contributed by atoms with E-state index in [1.54, 1.807) is 53.6 Å². The van der Waals surface area contributed by atoms with Crippen molar-refractivity contribution in [1.82, 2.24) is 14.5 Å². The van der Waals surface area contributed by atoms with Gasteiger partial charge < -0.3 is 42.8 Å². The number of hydrogen-bond acceptors (Lipinski definition) is 16. The Balaban J connectivity index is 0.000000464. The van der Waals surface area contributed by atoms with Crippen molar-refractivity contribution in [3.63, 3.8) is 0 Å². The van der Waals surface area contributed by atoms with Gasteiger partial charge in [0.05, 0.1) is 46.6 Å². The minimum atomic E-state index is -4.66. The average Bonchev–Trinajstić information content (AvgIpc) is 3.48. The van der Waals surface area contributed by atoms with Crippen molar-refractivity contribution in [2.75, 3.05) is 47.0 Å². The molecule has 0 heterocycles. The van der Waals surface area contributed by atoms with E-state index in [9.17, 15) is 18.9 Å². The number of rotatable bonds is 26. The third-order valence-corrected chi connectivity index (χ3v) is 25.4. The van der Waals surface area contributed by atoms with Crippen LogP contribution in [-0.2, 0) is 39.2 Å². The summed E-state index contributed by atoms with van der Waals surface area (Å²) in [4.78, 5) is 54.4. The molecule has 0 aliphatic heterocycles. The third-order valence-electron chi connectivity index (χ3n) is 10.3. The van der Waals surface area contributed by atoms with Crippen LogP contribution in [0.4, 0.5) is 0 Å². The van der Waals surface area contributed by atoms with E-state index < -0.39 is 56.2 Å². The largest absolute Gasteiger partial charge is 1.00 e. The molecule has 0 aliphatic carbocycles. The third kappa shape index (κ3) is 29.8. The molecule has 37 heteroatoms. The molecule has 6 rings (SSSR count). The summed E-state index contributed by atoms with van der Waals surface area (Å²) in [5, 5.41) is 15.0. The van der Waals surface area contributed by atoms with Crippen LogP contribution in [0.5, 0.6) is 23.0 Å². The molecule has 0 fully saturated rings. The predicted molar refractivity (Wildman–Crippen MR) is 350 cm³/mol. The summed E-state index contributed by atoms with van der Waals surface area (Å²) in [6, 6.07) is 49.8. The van der Waals surface area contributed by atoms with Crippen LogP contribution < -0.4 is 103 Å². The fourth-order valence-corrected chi connectivity index (χ4v) is 17.4. The Morgan fingerprint density at radius 1 is 0.699 bits per heavy atom. The zero-order valence-corrected chi connectivity index (χ0v) is 62.1. The topological polar surface area (TPSA) is 302 Å². The summed E-state index contributed by atoms with van der Waals surface area (Å²) < 4.78 is 47.5. The van der Waals surface area contributed by atoms with Crippen molar-refractivity contribution in [2.45, 2.75) is 6.42 Å². The zero-order chi connectivity index (χ0) is 59.4. The van der Waals surface area contributed by atoms with E-state index in [1.807, 2.05) is 123 Å². The summed E-state index contributed by atoms with van der Waals surface area (Å²) in [6.45, 7) is 1.31. The zero-order valence-electron chi connectivity index (χ0n) is 45.7. The first-order chi connectivity index (χ1) is 38.5. The normalized spacial score (nSPS) is 13.1. The maximum absolute atomic E-state index is 10.9. The van der Waals surface area contributed by atoms with Crippen molar-refractivity contribution < 1.29 is 106 Å². The van der Waals surface area contributed by atoms with Crippen LogP contribution in [0, 0.1) is 0 Å². The second kappa shape index (κ2) is 40.7. The molecule has 0 saturated heterocycles. The molecule has 428 valence electrons. The van der Waals surface area contributed by atoms with Crippen LogP contribution >= 0.6 is 86.3 Å². The molecular weight excluding hydrogens is 1330 g/mol. The average molecular weight is 1390 g/mol. The van der Waals surface area contributed by atoms with Crippen LogP contribution in [0.3, 0.4) is 0 Å². The molecule has 0 spiro atoms. The van der Waals surface area contributed by atoms with Crippen LogP contribution in [-0.4, -0.2) is 83.7 Å². The molecule has 83 heavy (non-hydrogen) atoms. The molecule has 0 aromatic heterocycles. The molecule has 6 aromatic rings. The number of nitrogens with zero attached hydrogens (tertiary/aromatic N) is 12. The van der Waals surface area contributed by atoms with Gasteiger partial charge in [0.1, 0.15) is 59.9 Å². The van der Waals surface area contributed by atoms with Gasteiger partial charge in [-0.25, -0.2) is 0 Å². The number of methoxy groups -OCH3 is 1. The fraction of sp³-hybridized carbons (Fsp3) is 0.174. The molecule has 0 aliphatic rings. The second-order valence-electron chi connectivity index (χ2n) is 16.2. The van der Waals surface area contributed by atoms with Crippen molar-refractivity contribution >= 4 is 138 Å². The standard InChI is InChI=1S/C27H25N6O2P3S2.C11H19NO7P2.C8H15N5OP6.2Na/c1-33(36(2)39)29-21-22-13-15-24(16-14-22)35-37(40)32-38(25-9-5-3-6-10-25,26-11-7-4-8-12-26)27-19-17-23(18-20-27)34-31-30-28;1-19-11-4-2-10(3-5-11)6-7-12(8-20(13,14)15)9-21(16,17)18;1-13(20(16)17)10-6-7-2-4-8(5-3-7)14-18-19(15)12-11-9;;/h3-21H,1-2H3;2-5H,6-9H2,1H3,(H2,13,14,15)(H2,16,17,18);2-6,18H,15-17H2,1H3;;/q+2;;;2*+1/p-2. The van der Waals surface area contributed by atoms with Gasteiger partial charge in [0.2, 0.25) is 11.8 Å². The second-order valence-corrected chi connectivity index (χ2v) is 40.0. The van der Waals surface area contributed by atoms with Gasteiger partial charge >= 0.3 is 73.0 Å². The Kier molecular flexibility index (Phi) is 37.9. The van der Waals surface area contributed by atoms with Gasteiger partial charge in [-0.05, 0) is 124 Å². The van der Waals surface area contributed by atoms with Crippen molar-refractivity contribution in [3.05, 3.63) is 195 Å². The van der Waals surface area contributed by atoms with Gasteiger partial charge in [0.25, 0.3) is 0 Å². The van der Waals surface area contributed by atoms with E-state index in [4.69, 9.17) is 67.6 Å². The van der Waals surface area contributed by atoms with Gasteiger partial charge in [-0.15, -0.1) is 9.88 Å². The smallest absolute Gasteiger partial charge is 0.778 e. The Morgan fingerprint density at radius 3 is 1.63 bits per heavy atom. The number of benzene rings is 6. The number of hydrogen-bond donors (Lipinski definition) is 2. The van der Waals surface area contributed by atoms with Gasteiger partial charge in [-0.3, -0.25) is 14.2 Å². The summed E-state index contributed by atoms with van der Waals surface area (Å²) in [7, 11) is -1.41. The number of ether oxygens (including phenoxy) is 1. The van der Waals surface area contributed by atoms with Crippen LogP contribution in [0.15, 0.2) is 183 Å². The summed E-state index contributed by atoms with van der Waals surface area (Å²) in [5.41, 5.74) is 19.7. The van der Waals surface area contributed by atoms with Gasteiger partial charge in [0, 0.05) is 46.8 Å². The maximum atomic E-state index is 10.9. The van der Waals surface area contributed by atoms with Gasteiger partial charge in [0.15, 0.2) is 17.6 Å². The van der Waals surface area contributed by atoms with Crippen molar-refractivity contribution in [3.8, 4) is 23.0 Å². The first-order valence-electron chi connectivity index (χ1n) is 23.1. The Morgan fingerprint density at radius 2 is 1.17 bits per heavy atom. The van der Waals surface area contributed by atoms with Gasteiger partial charge in [-0.2, -0.15) is 5.10 Å². The molecular formula is C46H57N12Na2O10P11S2+2. The van der Waals surface area contributed by atoms with E-state index in [-0.39, 0.29) is 81.6 Å². The molecule has 2 N–H and O–H groups in total. The van der Waals surface area contributed by atoms with E-state index >= 15 is 0 Å². The minimum absolute atomic E-state index is 0. The molecule has 0 amide bonds. The summed E-state index contributed by atoms with van der Waals surface area (Å²) in [5.74, 6) is 2.48. The molecule has 0 saturated carbocycles. The Bertz CT molecular complexity index is 3220. The Hall–Kier alpha value is -1.81. The van der Waals surface area contributed by atoms with Crippen molar-refractivity contribution in [2.24, 2.45) is 24.9 Å². The van der Waals surface area contributed by atoms with Crippen molar-refractivity contribution in [1.29, 1.82) is 0 Å². The predicted octanol–water partition coefficient (Wildman–Crippen LogP) is 6.24. The van der Waals surface area contributed by atoms with Crippen LogP contribution in [0.2, 0.25) is 0 Å². The SMILES string of the molecule is CN(N=Cc1ccc(OPP(P)N=[N+]=[N-])cc1)P(P)P.CN(N=Cc1ccc(O[P+](=S)N=P(c2ccccc2)(c2ccccc2)c2ccc(ON=[N+]=[N-])cc2)cc1)[P+](C)=S.COc1ccc(CCN(CP(=O)([O-])O)CP(=O)([O-])O)cc1.[Na+].[Na+]. The number of azide groups is 2. The summed E-state index contributed by atoms with van der Waals surface area (Å²) in [6.07, 6.45) is 2.25. The molecule has 22 nitrogen and oxygen atoms in total. The molecule has 0 radical (unpaired) electrons. The van der Waals surface area contributed by atoms with E-state index in [1.165, 1.54) is 7.11 Å². The Labute approximate surface area is 550 Å². The van der Waals surface area contributed by atoms with Crippen LogP contribution in [0.25, 0.3) is 20.9 Å². The van der Waals surface area contributed by atoms with E-state index in [2.05, 4.69) is 81.2 Å². The minimum Gasteiger partial charge on any atom is -0.778 e. The molecule has 9 unspecified atom stereocenters. The number of hydrazone groups is 2. The van der Waals surface area contributed by atoms with E-state index in [0.717, 1.165) is 43.3 Å². The monoisotopic (exact) mass is 1390 g/mol. The molecule has 6 aromatic carbocycles. The molecule has 9 atom stereocenters. The van der Waals surface area contributed by atoms with Crippen LogP contribution in [0.1, 0.15) is 16.7 Å². The first kappa shape index (κ1) is 77.3. The van der Waals surface area contributed by atoms with Gasteiger partial charge in [-0.1, -0.05) is 104 Å². The summed E-state index contributed by atoms with van der Waals surface area (Å²) >= 11 is 11.2. The quantitative estimate of drug-likeness (QED) is 0.0115. The van der Waals surface area contributed by atoms with E-state index in [0.29, 0.717) is 23.7 Å².